The van der Waals surface area contributed by atoms with Gasteiger partial charge in [-0.3, -0.25) is 9.47 Å². The van der Waals surface area contributed by atoms with Gasteiger partial charge < -0.3 is 19.6 Å². The molecule has 0 amide bonds. The third-order valence-electron chi connectivity index (χ3n) is 5.99. The van der Waals surface area contributed by atoms with E-state index in [4.69, 9.17) is 21.1 Å². The van der Waals surface area contributed by atoms with E-state index in [-0.39, 0.29) is 17.0 Å². The molecule has 1 saturated heterocycles. The van der Waals surface area contributed by atoms with Crippen LogP contribution in [0.3, 0.4) is 0 Å². The van der Waals surface area contributed by atoms with E-state index in [0.717, 1.165) is 30.5 Å². The minimum Gasteiger partial charge on any atom is -0.492 e. The maximum atomic E-state index is 12.4. The van der Waals surface area contributed by atoms with Crippen LogP contribution in [-0.4, -0.2) is 42.6 Å². The van der Waals surface area contributed by atoms with Crippen LogP contribution in [0.5, 0.6) is 5.75 Å². The zero-order valence-electron chi connectivity index (χ0n) is 17.3. The maximum Gasteiger partial charge on any atom is 0.341 e. The fourth-order valence-corrected chi connectivity index (χ4v) is 4.71. The lowest BCUT2D eigenvalue weighted by Gasteiger charge is -2.42. The first-order chi connectivity index (χ1) is 14.2. The number of hydrogen-bond donors (Lipinski definition) is 1. The number of pyridine rings is 1. The second-order valence-electron chi connectivity index (χ2n) is 8.46. The number of carboxylic acid groups (broad SMARTS) is 1. The summed E-state index contributed by atoms with van der Waals surface area (Å²) in [5, 5.41) is 12.0. The molecule has 160 valence electrons. The van der Waals surface area contributed by atoms with Gasteiger partial charge in [-0.05, 0) is 29.5 Å². The van der Waals surface area contributed by atoms with Crippen LogP contribution >= 0.6 is 11.6 Å². The molecule has 0 bridgehead atoms. The van der Waals surface area contributed by atoms with Gasteiger partial charge in [-0.2, -0.15) is 0 Å². The van der Waals surface area contributed by atoms with Crippen molar-refractivity contribution >= 4 is 17.6 Å². The van der Waals surface area contributed by atoms with Crippen LogP contribution in [0.4, 0.5) is 0 Å². The predicted octanol–water partition coefficient (Wildman–Crippen LogP) is 3.70. The molecule has 0 spiro atoms. The molecule has 30 heavy (non-hydrogen) atoms. The molecule has 0 saturated carbocycles. The summed E-state index contributed by atoms with van der Waals surface area (Å²) >= 11 is 6.52. The second-order valence-corrected chi connectivity index (χ2v) is 8.86. The molecule has 0 radical (unpaired) electrons. The normalized spacial score (nSPS) is 18.5. The molecule has 1 unspecified atom stereocenters. The van der Waals surface area contributed by atoms with Crippen molar-refractivity contribution in [2.45, 2.75) is 32.7 Å². The quantitative estimate of drug-likeness (QED) is 0.701. The molecular formula is C22H25ClN2O5. The number of aromatic nitrogens is 1. The fourth-order valence-electron chi connectivity index (χ4n) is 4.50. The maximum absolute atomic E-state index is 12.4. The van der Waals surface area contributed by atoms with Crippen LogP contribution in [-0.2, 0) is 4.74 Å². The molecule has 1 N–H and O–H groups in total. The van der Waals surface area contributed by atoms with Crippen molar-refractivity contribution in [1.29, 1.82) is 0 Å². The molecule has 4 rings (SSSR count). The Hall–Kier alpha value is -2.51. The summed E-state index contributed by atoms with van der Waals surface area (Å²) in [5.41, 5.74) is 1.69. The number of benzene rings is 1. The standard InChI is InChI=1S/C22H25ClN2O5/c1-22(2)5-6-24-20(22)14-10-19(30-8-4-7-29-3)16(23)9-13(14)17-11-18(26)15(21(27)28)12-25(17)24/h9-12,20H,4-8H2,1-3H3,(H,27,28). The minimum atomic E-state index is -1.23. The topological polar surface area (TPSA) is 81.0 Å². The molecule has 1 aromatic heterocycles. The van der Waals surface area contributed by atoms with Gasteiger partial charge in [-0.1, -0.05) is 25.4 Å². The number of nitrogens with zero attached hydrogens (tertiary/aromatic N) is 2. The Balaban J connectivity index is 1.87. The monoisotopic (exact) mass is 432 g/mol. The van der Waals surface area contributed by atoms with Crippen molar-refractivity contribution < 1.29 is 19.4 Å². The summed E-state index contributed by atoms with van der Waals surface area (Å²) in [6.07, 6.45) is 3.11. The Morgan fingerprint density at radius 3 is 2.77 bits per heavy atom. The number of fused-ring (bicyclic) bond motifs is 6. The predicted molar refractivity (Wildman–Crippen MR) is 114 cm³/mol. The van der Waals surface area contributed by atoms with Crippen molar-refractivity contribution in [1.82, 2.24) is 4.68 Å². The molecule has 1 aromatic carbocycles. The number of hydrogen-bond acceptors (Lipinski definition) is 5. The molecule has 3 heterocycles. The lowest BCUT2D eigenvalue weighted by Crippen LogP contribution is -2.42. The zero-order valence-corrected chi connectivity index (χ0v) is 18.0. The van der Waals surface area contributed by atoms with Gasteiger partial charge in [0.2, 0.25) is 0 Å². The zero-order chi connectivity index (χ0) is 21.6. The van der Waals surface area contributed by atoms with Crippen molar-refractivity contribution in [2.24, 2.45) is 5.41 Å². The fraction of sp³-hybridized carbons (Fsp3) is 0.455. The Bertz CT molecular complexity index is 1060. The number of carboxylic acids is 1. The number of carbonyl (C=O) groups is 1. The summed E-state index contributed by atoms with van der Waals surface area (Å²) in [6, 6.07) is 5.18. The first kappa shape index (κ1) is 20.8. The molecule has 7 nitrogen and oxygen atoms in total. The summed E-state index contributed by atoms with van der Waals surface area (Å²) in [5.74, 6) is -0.624. The highest BCUT2D eigenvalue weighted by Crippen LogP contribution is 2.52. The first-order valence-corrected chi connectivity index (χ1v) is 10.3. The van der Waals surface area contributed by atoms with Gasteiger partial charge in [0, 0.05) is 44.5 Å². The Kier molecular flexibility index (Phi) is 5.28. The highest BCUT2D eigenvalue weighted by atomic mass is 35.5. The van der Waals surface area contributed by atoms with E-state index in [9.17, 15) is 14.7 Å². The molecule has 0 aliphatic carbocycles. The highest BCUT2D eigenvalue weighted by Gasteiger charge is 2.46. The van der Waals surface area contributed by atoms with Gasteiger partial charge in [-0.25, -0.2) is 4.79 Å². The van der Waals surface area contributed by atoms with Crippen LogP contribution in [0, 0.1) is 5.41 Å². The van der Waals surface area contributed by atoms with E-state index in [0.29, 0.717) is 29.7 Å². The number of ether oxygens (including phenoxy) is 2. The SMILES string of the molecule is COCCCOc1cc2c(cc1Cl)-c1cc(=O)c(C(=O)O)cn1N1CCC(C)(C)C21. The van der Waals surface area contributed by atoms with Gasteiger partial charge >= 0.3 is 5.97 Å². The van der Waals surface area contributed by atoms with Crippen LogP contribution < -0.4 is 15.2 Å². The number of rotatable bonds is 6. The van der Waals surface area contributed by atoms with Crippen molar-refractivity contribution in [3.05, 3.63) is 50.8 Å². The number of aromatic carboxylic acids is 1. The van der Waals surface area contributed by atoms with Crippen LogP contribution in [0.15, 0.2) is 29.2 Å². The molecule has 2 aliphatic heterocycles. The van der Waals surface area contributed by atoms with E-state index < -0.39 is 11.4 Å². The van der Waals surface area contributed by atoms with E-state index in [2.05, 4.69) is 18.9 Å². The third kappa shape index (κ3) is 3.36. The molecule has 1 fully saturated rings. The average Bonchev–Trinajstić information content (AvgIpc) is 3.01. The van der Waals surface area contributed by atoms with Crippen molar-refractivity contribution in [3.63, 3.8) is 0 Å². The van der Waals surface area contributed by atoms with Gasteiger partial charge in [0.1, 0.15) is 11.3 Å². The smallest absolute Gasteiger partial charge is 0.341 e. The van der Waals surface area contributed by atoms with Crippen LogP contribution in [0.1, 0.15) is 48.7 Å². The molecular weight excluding hydrogens is 408 g/mol. The van der Waals surface area contributed by atoms with Crippen LogP contribution in [0.25, 0.3) is 11.3 Å². The summed E-state index contributed by atoms with van der Waals surface area (Å²) in [6.45, 7) is 6.23. The number of halogens is 1. The first-order valence-electron chi connectivity index (χ1n) is 9.97. The summed E-state index contributed by atoms with van der Waals surface area (Å²) < 4.78 is 12.8. The van der Waals surface area contributed by atoms with Gasteiger partial charge in [0.25, 0.3) is 0 Å². The molecule has 1 atom stereocenters. The molecule has 2 aromatic rings. The number of methoxy groups -OCH3 is 1. The minimum absolute atomic E-state index is 0.00254. The molecule has 2 aliphatic rings. The van der Waals surface area contributed by atoms with E-state index in [1.807, 2.05) is 16.8 Å². The lowest BCUT2D eigenvalue weighted by atomic mass is 9.78. The van der Waals surface area contributed by atoms with E-state index in [1.165, 1.54) is 12.3 Å². The Labute approximate surface area is 179 Å². The summed E-state index contributed by atoms with van der Waals surface area (Å²) in [7, 11) is 1.65. The van der Waals surface area contributed by atoms with Crippen molar-refractivity contribution in [3.8, 4) is 17.0 Å². The van der Waals surface area contributed by atoms with Gasteiger partial charge in [-0.15, -0.1) is 0 Å². The highest BCUT2D eigenvalue weighted by molar-refractivity contribution is 6.32. The Morgan fingerprint density at radius 1 is 1.30 bits per heavy atom. The summed E-state index contributed by atoms with van der Waals surface area (Å²) in [4.78, 5) is 24.0. The van der Waals surface area contributed by atoms with Crippen molar-refractivity contribution in [2.75, 3.05) is 31.9 Å². The third-order valence-corrected chi connectivity index (χ3v) is 6.28. The van der Waals surface area contributed by atoms with E-state index >= 15 is 0 Å². The second kappa shape index (κ2) is 7.63. The molecule has 8 heteroatoms. The lowest BCUT2D eigenvalue weighted by molar-refractivity contribution is 0.0694. The van der Waals surface area contributed by atoms with Gasteiger partial charge in [0.15, 0.2) is 5.43 Å². The van der Waals surface area contributed by atoms with Crippen LogP contribution in [0.2, 0.25) is 5.02 Å². The average molecular weight is 433 g/mol. The van der Waals surface area contributed by atoms with Gasteiger partial charge in [0.05, 0.1) is 23.4 Å². The largest absolute Gasteiger partial charge is 0.492 e. The Morgan fingerprint density at radius 2 is 2.07 bits per heavy atom. The van der Waals surface area contributed by atoms with E-state index in [1.54, 1.807) is 7.11 Å².